The molecule has 0 unspecified atom stereocenters. The van der Waals surface area contributed by atoms with E-state index in [-0.39, 0.29) is 26.4 Å². The Morgan fingerprint density at radius 3 is 1.42 bits per heavy atom. The average molecular weight is 456 g/mol. The zero-order chi connectivity index (χ0) is 19.1. The van der Waals surface area contributed by atoms with Crippen molar-refractivity contribution in [1.29, 1.82) is 0 Å². The maximum Gasteiger partial charge on any atom is 0.232 e. The minimum atomic E-state index is 0.000000000000000444. The van der Waals surface area contributed by atoms with E-state index < -0.39 is 0 Å². The number of rotatable bonds is 3. The van der Waals surface area contributed by atoms with Crippen molar-refractivity contribution in [2.24, 2.45) is 0 Å². The molecule has 3 aromatic rings. The molecule has 0 atom stereocenters. The van der Waals surface area contributed by atoms with Crippen LogP contribution in [0.15, 0.2) is 24.3 Å². The van der Waals surface area contributed by atoms with Gasteiger partial charge in [-0.25, -0.2) is 0 Å². The van der Waals surface area contributed by atoms with Gasteiger partial charge in [0.1, 0.15) is 5.75 Å². The number of hydrogen-bond donors (Lipinski definition) is 1. The first kappa shape index (κ1) is 20.6. The third-order valence-corrected chi connectivity index (χ3v) is 3.33. The molecule has 0 saturated carbocycles. The lowest BCUT2D eigenvalue weighted by atomic mass is 10.3. The van der Waals surface area contributed by atoms with Crippen LogP contribution < -0.4 is 10.1 Å². The lowest BCUT2D eigenvalue weighted by Gasteiger charge is -2.05. The Morgan fingerprint density at radius 1 is 0.654 bits per heavy atom. The molecule has 26 heavy (non-hydrogen) atoms. The zero-order valence-corrected chi connectivity index (χ0v) is 16.6. The first-order valence-electron chi connectivity index (χ1n) is 6.56. The summed E-state index contributed by atoms with van der Waals surface area (Å²) in [6, 6.07) is 7.27. The van der Waals surface area contributed by atoms with E-state index in [0.717, 1.165) is 11.4 Å². The number of nitrogens with zero attached hydrogens (tertiary/aromatic N) is 6. The molecule has 0 radical (unpaired) electrons. The van der Waals surface area contributed by atoms with Crippen LogP contribution >= 0.6 is 58.0 Å². The van der Waals surface area contributed by atoms with Gasteiger partial charge in [-0.2, -0.15) is 29.9 Å². The summed E-state index contributed by atoms with van der Waals surface area (Å²) in [5, 5.41) is 3.04. The highest BCUT2D eigenvalue weighted by molar-refractivity contribution is 6.33. The minimum absolute atomic E-state index is 0.000000000000000444. The largest absolute Gasteiger partial charge is 0.497 e. The molecule has 136 valence electrons. The van der Waals surface area contributed by atoms with E-state index in [1.807, 2.05) is 24.3 Å². The second-order valence-electron chi connectivity index (χ2n) is 4.19. The highest BCUT2D eigenvalue weighted by atomic mass is 35.5. The maximum absolute atomic E-state index is 5.66. The molecule has 13 heteroatoms. The fourth-order valence-corrected chi connectivity index (χ4v) is 2.46. The number of aromatic nitrogens is 6. The van der Waals surface area contributed by atoms with Crippen LogP contribution in [-0.2, 0) is 0 Å². The molecule has 1 N–H and O–H groups in total. The van der Waals surface area contributed by atoms with Crippen molar-refractivity contribution in [1.82, 2.24) is 29.9 Å². The van der Waals surface area contributed by atoms with E-state index in [4.69, 9.17) is 62.7 Å². The molecule has 2 aromatic heterocycles. The highest BCUT2D eigenvalue weighted by Crippen LogP contribution is 2.19. The van der Waals surface area contributed by atoms with E-state index in [1.54, 1.807) is 7.11 Å². The molecular weight excluding hydrogens is 447 g/mol. The Balaban J connectivity index is 0.000000228. The van der Waals surface area contributed by atoms with Crippen LogP contribution in [0.25, 0.3) is 0 Å². The predicted molar refractivity (Wildman–Crippen MR) is 101 cm³/mol. The molecular formula is C13H8Cl5N7O. The van der Waals surface area contributed by atoms with Crippen molar-refractivity contribution in [2.45, 2.75) is 0 Å². The van der Waals surface area contributed by atoms with Crippen molar-refractivity contribution in [3.05, 3.63) is 50.7 Å². The predicted octanol–water partition coefficient (Wildman–Crippen LogP) is 4.76. The van der Waals surface area contributed by atoms with Gasteiger partial charge in [0, 0.05) is 5.69 Å². The second kappa shape index (κ2) is 9.84. The maximum atomic E-state index is 5.66. The summed E-state index contributed by atoms with van der Waals surface area (Å²) in [5.41, 5.74) is 0.795. The summed E-state index contributed by atoms with van der Waals surface area (Å²) < 4.78 is 5.05. The van der Waals surface area contributed by atoms with Crippen molar-refractivity contribution in [3.63, 3.8) is 0 Å². The van der Waals surface area contributed by atoms with Gasteiger partial charge in [-0.05, 0) is 82.3 Å². The van der Waals surface area contributed by atoms with Crippen molar-refractivity contribution in [2.75, 3.05) is 12.4 Å². The monoisotopic (exact) mass is 453 g/mol. The number of nitrogens with one attached hydrogen (secondary N) is 1. The molecule has 8 nitrogen and oxygen atoms in total. The molecule has 2 heterocycles. The Labute approximate surface area is 172 Å². The molecule has 0 amide bonds. The Morgan fingerprint density at radius 2 is 1.04 bits per heavy atom. The van der Waals surface area contributed by atoms with Crippen LogP contribution in [0.3, 0.4) is 0 Å². The molecule has 0 aliphatic rings. The van der Waals surface area contributed by atoms with Gasteiger partial charge in [-0.1, -0.05) is 0 Å². The number of methoxy groups -OCH3 is 1. The van der Waals surface area contributed by atoms with Gasteiger partial charge in [0.05, 0.1) is 7.11 Å². The lowest BCUT2D eigenvalue weighted by molar-refractivity contribution is 0.415. The molecule has 0 spiro atoms. The van der Waals surface area contributed by atoms with Crippen LogP contribution in [0, 0.1) is 0 Å². The Kier molecular flexibility index (Phi) is 7.80. The first-order valence-corrected chi connectivity index (χ1v) is 8.45. The standard InChI is InChI=1S/C10H8Cl2N4O.C3Cl3N3/c1-17-7-4-2-6(3-5-7)13-10-15-8(11)14-9(12)16-10;4-1-7-2(5)9-3(6)8-1/h2-5H,1H3,(H,13,14,15,16);. The summed E-state index contributed by atoms with van der Waals surface area (Å²) >= 11 is 27.3. The van der Waals surface area contributed by atoms with Gasteiger partial charge in [-0.15, -0.1) is 0 Å². The van der Waals surface area contributed by atoms with E-state index in [2.05, 4.69) is 35.2 Å². The summed E-state index contributed by atoms with van der Waals surface area (Å²) in [6.07, 6.45) is 0. The smallest absolute Gasteiger partial charge is 0.232 e. The molecule has 0 fully saturated rings. The Hall–Kier alpha value is -1.71. The Bertz CT molecular complexity index is 811. The number of hydrogen-bond acceptors (Lipinski definition) is 8. The normalized spacial score (nSPS) is 9.92. The van der Waals surface area contributed by atoms with E-state index >= 15 is 0 Å². The van der Waals surface area contributed by atoms with Crippen LogP contribution in [0.4, 0.5) is 11.6 Å². The van der Waals surface area contributed by atoms with Crippen LogP contribution in [0.2, 0.25) is 26.4 Å². The highest BCUT2D eigenvalue weighted by Gasteiger charge is 2.03. The number of ether oxygens (including phenoxy) is 1. The minimum Gasteiger partial charge on any atom is -0.497 e. The van der Waals surface area contributed by atoms with E-state index in [0.29, 0.717) is 5.95 Å². The zero-order valence-electron chi connectivity index (χ0n) is 12.8. The summed E-state index contributed by atoms with van der Waals surface area (Å²) in [6.45, 7) is 0. The summed E-state index contributed by atoms with van der Waals surface area (Å²) in [4.78, 5) is 21.8. The van der Waals surface area contributed by atoms with Crippen LogP contribution in [0.1, 0.15) is 0 Å². The number of anilines is 2. The van der Waals surface area contributed by atoms with Gasteiger partial charge in [-0.3, -0.25) is 0 Å². The van der Waals surface area contributed by atoms with Gasteiger partial charge in [0.25, 0.3) is 0 Å². The molecule has 0 bridgehead atoms. The summed E-state index contributed by atoms with van der Waals surface area (Å²) in [5.74, 6) is 1.06. The average Bonchev–Trinajstić information content (AvgIpc) is 2.54. The van der Waals surface area contributed by atoms with Gasteiger partial charge in [0.2, 0.25) is 32.4 Å². The molecule has 0 saturated heterocycles. The van der Waals surface area contributed by atoms with E-state index in [1.165, 1.54) is 0 Å². The second-order valence-corrected chi connectivity index (χ2v) is 5.88. The third kappa shape index (κ3) is 6.89. The number of halogens is 5. The molecule has 3 rings (SSSR count). The quantitative estimate of drug-likeness (QED) is 0.603. The SMILES string of the molecule is COc1ccc(Nc2nc(Cl)nc(Cl)n2)cc1.Clc1nc(Cl)nc(Cl)n1. The fraction of sp³-hybridized carbons (Fsp3) is 0.0769. The third-order valence-electron chi connectivity index (χ3n) is 2.48. The molecule has 0 aliphatic heterocycles. The van der Waals surface area contributed by atoms with Crippen molar-refractivity contribution >= 4 is 69.6 Å². The molecule has 0 aliphatic carbocycles. The topological polar surface area (TPSA) is 98.6 Å². The van der Waals surface area contributed by atoms with Gasteiger partial charge >= 0.3 is 0 Å². The van der Waals surface area contributed by atoms with Crippen molar-refractivity contribution < 1.29 is 4.74 Å². The summed E-state index contributed by atoms with van der Waals surface area (Å²) in [7, 11) is 1.61. The van der Waals surface area contributed by atoms with E-state index in [9.17, 15) is 0 Å². The fourth-order valence-electron chi connectivity index (χ4n) is 1.49. The number of benzene rings is 1. The molecule has 1 aromatic carbocycles. The van der Waals surface area contributed by atoms with Gasteiger partial charge in [0.15, 0.2) is 0 Å². The van der Waals surface area contributed by atoms with Gasteiger partial charge < -0.3 is 10.1 Å². The van der Waals surface area contributed by atoms with Crippen molar-refractivity contribution in [3.8, 4) is 5.75 Å². The lowest BCUT2D eigenvalue weighted by Crippen LogP contribution is -1.99. The van der Waals surface area contributed by atoms with Crippen LogP contribution in [0.5, 0.6) is 5.75 Å². The van der Waals surface area contributed by atoms with Crippen LogP contribution in [-0.4, -0.2) is 37.0 Å². The first-order chi connectivity index (χ1) is 12.4.